The predicted molar refractivity (Wildman–Crippen MR) is 75.1 cm³/mol. The highest BCUT2D eigenvalue weighted by atomic mass is 16.2. The third-order valence-electron chi connectivity index (χ3n) is 3.54. The summed E-state index contributed by atoms with van der Waals surface area (Å²) < 4.78 is 0. The number of likely N-dealkylation sites (tertiary alicyclic amines) is 1. The van der Waals surface area contributed by atoms with E-state index in [0.717, 1.165) is 31.6 Å². The SMILES string of the molecule is Cc1cc(NC(=O)N2CCCC2)ccc1C(C)C. The molecule has 0 saturated carbocycles. The maximum absolute atomic E-state index is 12.0. The molecule has 1 aliphatic rings. The number of nitrogens with one attached hydrogen (secondary N) is 1. The van der Waals surface area contributed by atoms with Crippen molar-refractivity contribution in [2.45, 2.75) is 39.5 Å². The van der Waals surface area contributed by atoms with Gasteiger partial charge in [-0.1, -0.05) is 19.9 Å². The summed E-state index contributed by atoms with van der Waals surface area (Å²) in [5.41, 5.74) is 3.48. The van der Waals surface area contributed by atoms with E-state index < -0.39 is 0 Å². The van der Waals surface area contributed by atoms with Crippen molar-refractivity contribution in [3.8, 4) is 0 Å². The number of carbonyl (C=O) groups is 1. The summed E-state index contributed by atoms with van der Waals surface area (Å²) in [5.74, 6) is 0.522. The molecule has 1 aliphatic heterocycles. The number of rotatable bonds is 2. The van der Waals surface area contributed by atoms with Crippen LogP contribution in [-0.4, -0.2) is 24.0 Å². The van der Waals surface area contributed by atoms with Gasteiger partial charge in [0.1, 0.15) is 0 Å². The molecule has 2 amide bonds. The number of nitrogens with zero attached hydrogens (tertiary/aromatic N) is 1. The minimum absolute atomic E-state index is 0.0317. The molecule has 0 bridgehead atoms. The normalized spacial score (nSPS) is 15.2. The Hall–Kier alpha value is -1.51. The van der Waals surface area contributed by atoms with Gasteiger partial charge in [-0.05, 0) is 48.9 Å². The van der Waals surface area contributed by atoms with E-state index >= 15 is 0 Å². The average Bonchev–Trinajstić information content (AvgIpc) is 2.81. The number of amides is 2. The zero-order valence-electron chi connectivity index (χ0n) is 11.5. The summed E-state index contributed by atoms with van der Waals surface area (Å²) >= 11 is 0. The summed E-state index contributed by atoms with van der Waals surface area (Å²) in [5, 5.41) is 2.98. The van der Waals surface area contributed by atoms with Crippen LogP contribution in [0.5, 0.6) is 0 Å². The first-order valence-electron chi connectivity index (χ1n) is 6.74. The first kappa shape index (κ1) is 12.9. The molecule has 0 aromatic heterocycles. The number of carbonyl (C=O) groups excluding carboxylic acids is 1. The fourth-order valence-electron chi connectivity index (χ4n) is 2.52. The molecule has 3 nitrogen and oxygen atoms in total. The fraction of sp³-hybridized carbons (Fsp3) is 0.533. The molecule has 1 aromatic carbocycles. The molecule has 1 fully saturated rings. The van der Waals surface area contributed by atoms with Crippen molar-refractivity contribution in [2.24, 2.45) is 0 Å². The molecule has 18 heavy (non-hydrogen) atoms. The molecule has 98 valence electrons. The van der Waals surface area contributed by atoms with Crippen LogP contribution >= 0.6 is 0 Å². The van der Waals surface area contributed by atoms with Gasteiger partial charge in [0.25, 0.3) is 0 Å². The fourth-order valence-corrected chi connectivity index (χ4v) is 2.52. The van der Waals surface area contributed by atoms with E-state index in [1.807, 2.05) is 11.0 Å². The second-order valence-corrected chi connectivity index (χ2v) is 5.35. The minimum Gasteiger partial charge on any atom is -0.325 e. The lowest BCUT2D eigenvalue weighted by Crippen LogP contribution is -2.32. The Kier molecular flexibility index (Phi) is 3.90. The van der Waals surface area contributed by atoms with E-state index in [0.29, 0.717) is 5.92 Å². The number of hydrogen-bond donors (Lipinski definition) is 1. The zero-order valence-corrected chi connectivity index (χ0v) is 11.5. The molecule has 0 atom stereocenters. The van der Waals surface area contributed by atoms with E-state index in [2.05, 4.69) is 38.2 Å². The summed E-state index contributed by atoms with van der Waals surface area (Å²) in [4.78, 5) is 13.8. The van der Waals surface area contributed by atoms with Crippen molar-refractivity contribution in [3.63, 3.8) is 0 Å². The van der Waals surface area contributed by atoms with Crippen LogP contribution in [0.4, 0.5) is 10.5 Å². The van der Waals surface area contributed by atoms with Crippen LogP contribution in [0.15, 0.2) is 18.2 Å². The standard InChI is InChI=1S/C15H22N2O/c1-11(2)14-7-6-13(10-12(14)3)16-15(18)17-8-4-5-9-17/h6-7,10-11H,4-5,8-9H2,1-3H3,(H,16,18). The highest BCUT2D eigenvalue weighted by Gasteiger charge is 2.17. The van der Waals surface area contributed by atoms with Crippen molar-refractivity contribution in [1.82, 2.24) is 4.90 Å². The molecule has 0 radical (unpaired) electrons. The van der Waals surface area contributed by atoms with Crippen molar-refractivity contribution in [1.29, 1.82) is 0 Å². The van der Waals surface area contributed by atoms with Crippen molar-refractivity contribution in [3.05, 3.63) is 29.3 Å². The Morgan fingerprint density at radius 1 is 1.28 bits per heavy atom. The van der Waals surface area contributed by atoms with Crippen LogP contribution in [0.2, 0.25) is 0 Å². The summed E-state index contributed by atoms with van der Waals surface area (Å²) in [6.07, 6.45) is 2.25. The predicted octanol–water partition coefficient (Wildman–Crippen LogP) is 3.75. The zero-order chi connectivity index (χ0) is 13.1. The van der Waals surface area contributed by atoms with Crippen molar-refractivity contribution >= 4 is 11.7 Å². The van der Waals surface area contributed by atoms with E-state index in [9.17, 15) is 4.79 Å². The molecule has 0 unspecified atom stereocenters. The van der Waals surface area contributed by atoms with Gasteiger partial charge in [0.05, 0.1) is 0 Å². The number of urea groups is 1. The monoisotopic (exact) mass is 246 g/mol. The number of hydrogen-bond acceptors (Lipinski definition) is 1. The first-order chi connectivity index (χ1) is 8.58. The average molecular weight is 246 g/mol. The van der Waals surface area contributed by atoms with Crippen LogP contribution in [0.25, 0.3) is 0 Å². The van der Waals surface area contributed by atoms with Crippen LogP contribution < -0.4 is 5.32 Å². The third-order valence-corrected chi connectivity index (χ3v) is 3.54. The van der Waals surface area contributed by atoms with Gasteiger partial charge in [-0.25, -0.2) is 4.79 Å². The van der Waals surface area contributed by atoms with Crippen LogP contribution in [0.1, 0.15) is 43.7 Å². The third kappa shape index (κ3) is 2.84. The molecule has 1 aromatic rings. The second-order valence-electron chi connectivity index (χ2n) is 5.35. The summed E-state index contributed by atoms with van der Waals surface area (Å²) in [6, 6.07) is 6.20. The number of aryl methyl sites for hydroxylation is 1. The first-order valence-corrected chi connectivity index (χ1v) is 6.74. The van der Waals surface area contributed by atoms with Gasteiger partial charge >= 0.3 is 6.03 Å². The lowest BCUT2D eigenvalue weighted by Gasteiger charge is -2.17. The smallest absolute Gasteiger partial charge is 0.321 e. The van der Waals surface area contributed by atoms with Crippen LogP contribution in [-0.2, 0) is 0 Å². The molecule has 0 spiro atoms. The van der Waals surface area contributed by atoms with Gasteiger partial charge in [0.2, 0.25) is 0 Å². The van der Waals surface area contributed by atoms with Crippen molar-refractivity contribution < 1.29 is 4.79 Å². The Morgan fingerprint density at radius 3 is 2.50 bits per heavy atom. The Morgan fingerprint density at radius 2 is 1.94 bits per heavy atom. The van der Waals surface area contributed by atoms with Gasteiger partial charge in [-0.2, -0.15) is 0 Å². The van der Waals surface area contributed by atoms with Crippen molar-refractivity contribution in [2.75, 3.05) is 18.4 Å². The van der Waals surface area contributed by atoms with Gasteiger partial charge < -0.3 is 10.2 Å². The molecule has 0 aliphatic carbocycles. The molecule has 1 N–H and O–H groups in total. The van der Waals surface area contributed by atoms with E-state index in [1.165, 1.54) is 11.1 Å². The molecule has 2 rings (SSSR count). The maximum atomic E-state index is 12.0. The molecule has 1 heterocycles. The Bertz CT molecular complexity index is 434. The number of anilines is 1. The quantitative estimate of drug-likeness (QED) is 0.847. The largest absolute Gasteiger partial charge is 0.325 e. The maximum Gasteiger partial charge on any atom is 0.321 e. The lowest BCUT2D eigenvalue weighted by atomic mass is 9.98. The van der Waals surface area contributed by atoms with E-state index in [1.54, 1.807) is 0 Å². The molecular weight excluding hydrogens is 224 g/mol. The van der Waals surface area contributed by atoms with Gasteiger partial charge in [-0.15, -0.1) is 0 Å². The summed E-state index contributed by atoms with van der Waals surface area (Å²) in [7, 11) is 0. The van der Waals surface area contributed by atoms with Gasteiger partial charge in [0.15, 0.2) is 0 Å². The number of benzene rings is 1. The van der Waals surface area contributed by atoms with Crippen LogP contribution in [0.3, 0.4) is 0 Å². The highest BCUT2D eigenvalue weighted by molar-refractivity contribution is 5.89. The van der Waals surface area contributed by atoms with E-state index in [4.69, 9.17) is 0 Å². The van der Waals surface area contributed by atoms with E-state index in [-0.39, 0.29) is 6.03 Å². The highest BCUT2D eigenvalue weighted by Crippen LogP contribution is 2.22. The second kappa shape index (κ2) is 5.42. The lowest BCUT2D eigenvalue weighted by molar-refractivity contribution is 0.222. The van der Waals surface area contributed by atoms with Gasteiger partial charge in [-0.3, -0.25) is 0 Å². The molecular formula is C15H22N2O. The minimum atomic E-state index is 0.0317. The van der Waals surface area contributed by atoms with Gasteiger partial charge in [0, 0.05) is 18.8 Å². The molecule has 3 heteroatoms. The molecule has 1 saturated heterocycles. The summed E-state index contributed by atoms with van der Waals surface area (Å²) in [6.45, 7) is 8.24. The topological polar surface area (TPSA) is 32.3 Å². The Balaban J connectivity index is 2.05. The van der Waals surface area contributed by atoms with Crippen LogP contribution in [0, 0.1) is 6.92 Å². The Labute approximate surface area is 109 Å².